The number of benzene rings is 1. The molecule has 0 unspecified atom stereocenters. The van der Waals surface area contributed by atoms with Crippen molar-refractivity contribution in [3.05, 3.63) is 45.6 Å². The van der Waals surface area contributed by atoms with Gasteiger partial charge in [0, 0.05) is 25.6 Å². The average Bonchev–Trinajstić information content (AvgIpc) is 3.36. The van der Waals surface area contributed by atoms with Crippen molar-refractivity contribution in [2.45, 2.75) is 43.6 Å². The van der Waals surface area contributed by atoms with Crippen molar-refractivity contribution in [3.8, 4) is 0 Å². The summed E-state index contributed by atoms with van der Waals surface area (Å²) < 4.78 is 47.6. The van der Waals surface area contributed by atoms with Crippen LogP contribution in [-0.2, 0) is 4.74 Å². The third kappa shape index (κ3) is 4.38. The number of halogens is 5. The van der Waals surface area contributed by atoms with E-state index in [4.69, 9.17) is 27.9 Å². The largest absolute Gasteiger partial charge is 0.410 e. The van der Waals surface area contributed by atoms with E-state index in [9.17, 15) is 18.0 Å². The van der Waals surface area contributed by atoms with Gasteiger partial charge in [0.2, 0.25) is 0 Å². The molecule has 4 rings (SSSR count). The van der Waals surface area contributed by atoms with Crippen LogP contribution in [0.4, 0.5) is 19.0 Å². The monoisotopic (exact) mass is 462 g/mol. The Morgan fingerprint density at radius 3 is 2.77 bits per heavy atom. The highest BCUT2D eigenvalue weighted by Crippen LogP contribution is 2.44. The van der Waals surface area contributed by atoms with Gasteiger partial charge in [-0.1, -0.05) is 29.3 Å². The highest BCUT2D eigenvalue weighted by Gasteiger charge is 2.46. The minimum absolute atomic E-state index is 0.0775. The zero-order valence-electron chi connectivity index (χ0n) is 15.7. The Kier molecular flexibility index (Phi) is 5.87. The molecule has 1 aromatic carbocycles. The second kappa shape index (κ2) is 8.28. The number of nitrogens with zero attached hydrogens (tertiary/aromatic N) is 2. The first-order valence-electron chi connectivity index (χ1n) is 9.50. The maximum absolute atomic E-state index is 13.8. The lowest BCUT2D eigenvalue weighted by Crippen LogP contribution is -2.36. The topological polar surface area (TPSA) is 68.2 Å². The molecule has 2 aliphatic heterocycles. The number of alkyl halides is 3. The molecule has 3 heterocycles. The molecule has 11 heteroatoms. The first kappa shape index (κ1) is 21.3. The molecule has 1 saturated heterocycles. The minimum atomic E-state index is -4.54. The Hall–Kier alpha value is -1.97. The predicted octanol–water partition coefficient (Wildman–Crippen LogP) is 4.76. The highest BCUT2D eigenvalue weighted by atomic mass is 35.5. The molecule has 0 saturated carbocycles. The third-order valence-corrected chi connectivity index (χ3v) is 6.02. The lowest BCUT2D eigenvalue weighted by atomic mass is 9.97. The summed E-state index contributed by atoms with van der Waals surface area (Å²) in [6.07, 6.45) is -3.16. The number of fused-ring (bicyclic) bond motifs is 1. The first-order valence-corrected chi connectivity index (χ1v) is 10.3. The van der Waals surface area contributed by atoms with Crippen LogP contribution >= 0.6 is 23.2 Å². The fourth-order valence-corrected chi connectivity index (χ4v) is 4.04. The van der Waals surface area contributed by atoms with Crippen LogP contribution < -0.4 is 10.6 Å². The quantitative estimate of drug-likeness (QED) is 0.687. The molecule has 6 nitrogen and oxygen atoms in total. The molecule has 2 aromatic rings. The van der Waals surface area contributed by atoms with E-state index in [1.807, 2.05) is 0 Å². The van der Waals surface area contributed by atoms with Crippen molar-refractivity contribution in [2.75, 3.05) is 18.5 Å². The standard InChI is InChI=1S/C19H19Cl2F3N4O2/c20-12-4-3-10(6-13(12)21)14-7-16(19(22,23)24)28-17(26-14)8-15(27-28)18(29)25-9-11-2-1-5-30-11/h3-4,6,8,11,14,16,26H,1-2,5,7,9H2,(H,25,29)/t11-,14+,16-/m0/s1. The van der Waals surface area contributed by atoms with Crippen molar-refractivity contribution < 1.29 is 22.7 Å². The van der Waals surface area contributed by atoms with E-state index < -0.39 is 24.2 Å². The van der Waals surface area contributed by atoms with Gasteiger partial charge in [0.25, 0.3) is 5.91 Å². The summed E-state index contributed by atoms with van der Waals surface area (Å²) in [7, 11) is 0. The molecule has 0 bridgehead atoms. The van der Waals surface area contributed by atoms with E-state index >= 15 is 0 Å². The molecule has 0 aliphatic carbocycles. The van der Waals surface area contributed by atoms with Crippen molar-refractivity contribution in [1.29, 1.82) is 0 Å². The number of hydrogen-bond donors (Lipinski definition) is 2. The van der Waals surface area contributed by atoms with Crippen LogP contribution in [0.1, 0.15) is 47.4 Å². The van der Waals surface area contributed by atoms with Crippen LogP contribution in [0.5, 0.6) is 0 Å². The lowest BCUT2D eigenvalue weighted by molar-refractivity contribution is -0.173. The number of carbonyl (C=O) groups excluding carboxylic acids is 1. The van der Waals surface area contributed by atoms with Gasteiger partial charge in [-0.25, -0.2) is 4.68 Å². The Balaban J connectivity index is 1.58. The summed E-state index contributed by atoms with van der Waals surface area (Å²) in [5, 5.41) is 10.2. The highest BCUT2D eigenvalue weighted by molar-refractivity contribution is 6.42. The molecule has 1 amide bonds. The normalized spacial score (nSPS) is 23.7. The van der Waals surface area contributed by atoms with Crippen LogP contribution in [0.3, 0.4) is 0 Å². The first-order chi connectivity index (χ1) is 14.2. The number of hydrogen-bond acceptors (Lipinski definition) is 4. The Morgan fingerprint density at radius 2 is 2.10 bits per heavy atom. The number of nitrogens with one attached hydrogen (secondary N) is 2. The van der Waals surface area contributed by atoms with E-state index in [1.54, 1.807) is 12.1 Å². The van der Waals surface area contributed by atoms with Gasteiger partial charge in [-0.3, -0.25) is 4.79 Å². The third-order valence-electron chi connectivity index (χ3n) is 5.28. The van der Waals surface area contributed by atoms with Gasteiger partial charge in [-0.2, -0.15) is 18.3 Å². The van der Waals surface area contributed by atoms with Crippen LogP contribution in [0, 0.1) is 0 Å². The van der Waals surface area contributed by atoms with Crippen molar-refractivity contribution in [2.24, 2.45) is 0 Å². The van der Waals surface area contributed by atoms with Crippen molar-refractivity contribution in [1.82, 2.24) is 15.1 Å². The second-order valence-electron chi connectivity index (χ2n) is 7.37. The van der Waals surface area contributed by atoms with Gasteiger partial charge in [-0.05, 0) is 30.5 Å². The van der Waals surface area contributed by atoms with E-state index in [0.29, 0.717) is 23.7 Å². The lowest BCUT2D eigenvalue weighted by Gasteiger charge is -2.33. The summed E-state index contributed by atoms with van der Waals surface area (Å²) in [4.78, 5) is 12.4. The molecule has 30 heavy (non-hydrogen) atoms. The van der Waals surface area contributed by atoms with Gasteiger partial charge in [0.05, 0.1) is 22.2 Å². The van der Waals surface area contributed by atoms with Gasteiger partial charge < -0.3 is 15.4 Å². The van der Waals surface area contributed by atoms with Crippen LogP contribution in [0.25, 0.3) is 0 Å². The summed E-state index contributed by atoms with van der Waals surface area (Å²) in [6.45, 7) is 0.940. The van der Waals surface area contributed by atoms with Gasteiger partial charge in [0.15, 0.2) is 11.7 Å². The number of carbonyl (C=O) groups is 1. The molecule has 2 aliphatic rings. The molecule has 3 atom stereocenters. The number of anilines is 1. The fourth-order valence-electron chi connectivity index (χ4n) is 3.73. The van der Waals surface area contributed by atoms with Gasteiger partial charge in [0.1, 0.15) is 5.82 Å². The maximum atomic E-state index is 13.8. The van der Waals surface area contributed by atoms with Crippen LogP contribution in [0.15, 0.2) is 24.3 Å². The second-order valence-corrected chi connectivity index (χ2v) is 8.18. The summed E-state index contributed by atoms with van der Waals surface area (Å²) in [5.41, 5.74) is 0.481. The van der Waals surface area contributed by atoms with E-state index in [-0.39, 0.29) is 29.1 Å². The zero-order chi connectivity index (χ0) is 21.5. The van der Waals surface area contributed by atoms with Crippen LogP contribution in [-0.4, -0.2) is 41.1 Å². The van der Waals surface area contributed by atoms with Gasteiger partial charge in [-0.15, -0.1) is 0 Å². The maximum Gasteiger partial charge on any atom is 0.410 e. The number of aromatic nitrogens is 2. The predicted molar refractivity (Wildman–Crippen MR) is 106 cm³/mol. The van der Waals surface area contributed by atoms with Gasteiger partial charge >= 0.3 is 6.18 Å². The molecular formula is C19H19Cl2F3N4O2. The SMILES string of the molecule is O=C(NC[C@@H]1CCCO1)c1cc2n(n1)[C@H](C(F)(F)F)C[C@H](c1ccc(Cl)c(Cl)c1)N2. The summed E-state index contributed by atoms with van der Waals surface area (Å²) >= 11 is 11.9. The summed E-state index contributed by atoms with van der Waals surface area (Å²) in [5.74, 6) is -0.428. The Morgan fingerprint density at radius 1 is 1.30 bits per heavy atom. The average molecular weight is 463 g/mol. The van der Waals surface area contributed by atoms with Crippen molar-refractivity contribution in [3.63, 3.8) is 0 Å². The zero-order valence-corrected chi connectivity index (χ0v) is 17.2. The number of amides is 1. The molecule has 162 valence electrons. The number of ether oxygens (including phenoxy) is 1. The number of rotatable bonds is 4. The Labute approximate surface area is 180 Å². The van der Waals surface area contributed by atoms with E-state index in [1.165, 1.54) is 12.1 Å². The molecule has 2 N–H and O–H groups in total. The van der Waals surface area contributed by atoms with E-state index in [0.717, 1.165) is 17.5 Å². The summed E-state index contributed by atoms with van der Waals surface area (Å²) in [6, 6.07) is 3.48. The van der Waals surface area contributed by atoms with Crippen LogP contribution in [0.2, 0.25) is 10.0 Å². The molecular weight excluding hydrogens is 444 g/mol. The van der Waals surface area contributed by atoms with Crippen molar-refractivity contribution >= 4 is 34.9 Å². The molecule has 0 radical (unpaired) electrons. The molecule has 1 aromatic heterocycles. The Bertz CT molecular complexity index is 944. The smallest absolute Gasteiger partial charge is 0.376 e. The molecule has 1 fully saturated rings. The van der Waals surface area contributed by atoms with E-state index in [2.05, 4.69) is 15.7 Å². The molecule has 0 spiro atoms. The minimum Gasteiger partial charge on any atom is -0.376 e. The fraction of sp³-hybridized carbons (Fsp3) is 0.474.